The standard InChI is InChI=1S/C17H20FN/c1-11-5-4-6-16(13(11)3)17(19)10-14-9-15(18)8-7-12(14)2/h4-9,17H,10,19H2,1-3H3. The van der Waals surface area contributed by atoms with Crippen molar-refractivity contribution in [3.63, 3.8) is 0 Å². The van der Waals surface area contributed by atoms with Crippen molar-refractivity contribution >= 4 is 0 Å². The summed E-state index contributed by atoms with van der Waals surface area (Å²) in [6, 6.07) is 10.9. The zero-order valence-corrected chi connectivity index (χ0v) is 11.7. The SMILES string of the molecule is Cc1ccc(F)cc1CC(N)c1cccc(C)c1C. The van der Waals surface area contributed by atoms with E-state index in [1.54, 1.807) is 12.1 Å². The molecule has 2 aromatic rings. The summed E-state index contributed by atoms with van der Waals surface area (Å²) < 4.78 is 13.3. The smallest absolute Gasteiger partial charge is 0.123 e. The van der Waals surface area contributed by atoms with Crippen LogP contribution in [0.4, 0.5) is 4.39 Å². The first-order valence-electron chi connectivity index (χ1n) is 6.55. The fraction of sp³-hybridized carbons (Fsp3) is 0.294. The molecule has 0 aromatic heterocycles. The van der Waals surface area contributed by atoms with E-state index in [0.717, 1.165) is 16.7 Å². The molecule has 0 aliphatic heterocycles. The van der Waals surface area contributed by atoms with Crippen molar-refractivity contribution in [2.45, 2.75) is 33.2 Å². The molecule has 0 heterocycles. The van der Waals surface area contributed by atoms with Crippen LogP contribution in [0.2, 0.25) is 0 Å². The molecule has 0 fully saturated rings. The van der Waals surface area contributed by atoms with Crippen LogP contribution in [-0.2, 0) is 6.42 Å². The van der Waals surface area contributed by atoms with E-state index in [4.69, 9.17) is 5.73 Å². The summed E-state index contributed by atoms with van der Waals surface area (Å²) in [6.07, 6.45) is 0.661. The Bertz CT molecular complexity index is 590. The Kier molecular flexibility index (Phi) is 4.01. The second kappa shape index (κ2) is 5.54. The van der Waals surface area contributed by atoms with Crippen LogP contribution in [0.25, 0.3) is 0 Å². The highest BCUT2D eigenvalue weighted by Gasteiger charge is 2.12. The van der Waals surface area contributed by atoms with E-state index < -0.39 is 0 Å². The van der Waals surface area contributed by atoms with Crippen LogP contribution in [0.15, 0.2) is 36.4 Å². The van der Waals surface area contributed by atoms with Gasteiger partial charge in [-0.15, -0.1) is 0 Å². The number of halogens is 1. The van der Waals surface area contributed by atoms with Crippen LogP contribution in [0.5, 0.6) is 0 Å². The van der Waals surface area contributed by atoms with Gasteiger partial charge in [0.2, 0.25) is 0 Å². The van der Waals surface area contributed by atoms with Crippen LogP contribution in [-0.4, -0.2) is 0 Å². The Labute approximate surface area is 114 Å². The van der Waals surface area contributed by atoms with Crippen LogP contribution in [0.1, 0.15) is 33.9 Å². The van der Waals surface area contributed by atoms with E-state index in [9.17, 15) is 4.39 Å². The molecular weight excluding hydrogens is 237 g/mol. The Balaban J connectivity index is 2.28. The number of aryl methyl sites for hydroxylation is 2. The van der Waals surface area contributed by atoms with Gasteiger partial charge in [-0.3, -0.25) is 0 Å². The third-order valence-electron chi connectivity index (χ3n) is 3.80. The fourth-order valence-electron chi connectivity index (χ4n) is 2.38. The van der Waals surface area contributed by atoms with Gasteiger partial charge in [-0.2, -0.15) is 0 Å². The average molecular weight is 257 g/mol. The minimum Gasteiger partial charge on any atom is -0.324 e. The molecule has 2 aromatic carbocycles. The van der Waals surface area contributed by atoms with E-state index in [0.29, 0.717) is 6.42 Å². The molecule has 1 unspecified atom stereocenters. The summed E-state index contributed by atoms with van der Waals surface area (Å²) in [5, 5.41) is 0. The van der Waals surface area contributed by atoms with Gasteiger partial charge in [0, 0.05) is 6.04 Å². The van der Waals surface area contributed by atoms with E-state index in [1.807, 2.05) is 13.0 Å². The first-order chi connectivity index (χ1) is 8.99. The van der Waals surface area contributed by atoms with E-state index in [-0.39, 0.29) is 11.9 Å². The third kappa shape index (κ3) is 3.02. The van der Waals surface area contributed by atoms with Crippen molar-refractivity contribution in [1.29, 1.82) is 0 Å². The van der Waals surface area contributed by atoms with Gasteiger partial charge in [-0.05, 0) is 67.1 Å². The van der Waals surface area contributed by atoms with Gasteiger partial charge in [0.25, 0.3) is 0 Å². The topological polar surface area (TPSA) is 26.0 Å². The molecule has 2 N–H and O–H groups in total. The van der Waals surface area contributed by atoms with Crippen LogP contribution in [0, 0.1) is 26.6 Å². The maximum absolute atomic E-state index is 13.3. The van der Waals surface area contributed by atoms with Gasteiger partial charge < -0.3 is 5.73 Å². The van der Waals surface area contributed by atoms with Gasteiger partial charge >= 0.3 is 0 Å². The van der Waals surface area contributed by atoms with Crippen LogP contribution in [0.3, 0.4) is 0 Å². The van der Waals surface area contributed by atoms with Crippen LogP contribution < -0.4 is 5.73 Å². The molecule has 0 saturated carbocycles. The zero-order valence-electron chi connectivity index (χ0n) is 11.7. The predicted octanol–water partition coefficient (Wildman–Crippen LogP) is 3.99. The summed E-state index contributed by atoms with van der Waals surface area (Å²) in [5.41, 5.74) is 12.0. The molecule has 1 atom stereocenters. The average Bonchev–Trinajstić information content (AvgIpc) is 2.37. The first kappa shape index (κ1) is 13.8. The molecule has 0 amide bonds. The van der Waals surface area contributed by atoms with Crippen molar-refractivity contribution < 1.29 is 4.39 Å². The van der Waals surface area contributed by atoms with Gasteiger partial charge in [0.15, 0.2) is 0 Å². The number of hydrogen-bond acceptors (Lipinski definition) is 1. The molecule has 19 heavy (non-hydrogen) atoms. The Hall–Kier alpha value is -1.67. The van der Waals surface area contributed by atoms with Gasteiger partial charge in [-0.1, -0.05) is 24.3 Å². The van der Waals surface area contributed by atoms with Gasteiger partial charge in [0.1, 0.15) is 5.82 Å². The van der Waals surface area contributed by atoms with Gasteiger partial charge in [0.05, 0.1) is 0 Å². The Morgan fingerprint density at radius 2 is 1.79 bits per heavy atom. The van der Waals surface area contributed by atoms with E-state index in [2.05, 4.69) is 26.0 Å². The molecule has 0 saturated heterocycles. The quantitative estimate of drug-likeness (QED) is 0.884. The highest BCUT2D eigenvalue weighted by atomic mass is 19.1. The summed E-state index contributed by atoms with van der Waals surface area (Å²) in [7, 11) is 0. The molecule has 0 aliphatic rings. The third-order valence-corrected chi connectivity index (χ3v) is 3.80. The lowest BCUT2D eigenvalue weighted by atomic mass is 9.92. The fourth-order valence-corrected chi connectivity index (χ4v) is 2.38. The van der Waals surface area contributed by atoms with Gasteiger partial charge in [-0.25, -0.2) is 4.39 Å². The minimum absolute atomic E-state index is 0.0969. The monoisotopic (exact) mass is 257 g/mol. The first-order valence-corrected chi connectivity index (χ1v) is 6.55. The second-order valence-electron chi connectivity index (χ2n) is 5.17. The zero-order chi connectivity index (χ0) is 14.0. The van der Waals surface area contributed by atoms with Crippen molar-refractivity contribution in [3.05, 3.63) is 70.0 Å². The molecule has 0 spiro atoms. The maximum atomic E-state index is 13.3. The summed E-state index contributed by atoms with van der Waals surface area (Å²) in [4.78, 5) is 0. The van der Waals surface area contributed by atoms with E-state index in [1.165, 1.54) is 17.2 Å². The number of benzene rings is 2. The highest BCUT2D eigenvalue weighted by Crippen LogP contribution is 2.23. The molecule has 0 radical (unpaired) electrons. The predicted molar refractivity (Wildman–Crippen MR) is 77.7 cm³/mol. The summed E-state index contributed by atoms with van der Waals surface area (Å²) >= 11 is 0. The Morgan fingerprint density at radius 1 is 1.05 bits per heavy atom. The second-order valence-corrected chi connectivity index (χ2v) is 5.17. The molecule has 2 heteroatoms. The number of nitrogens with two attached hydrogens (primary N) is 1. The maximum Gasteiger partial charge on any atom is 0.123 e. The normalized spacial score (nSPS) is 12.5. The molecule has 0 bridgehead atoms. The van der Waals surface area contributed by atoms with E-state index >= 15 is 0 Å². The van der Waals surface area contributed by atoms with Crippen molar-refractivity contribution in [2.24, 2.45) is 5.73 Å². The molecular formula is C17H20FN. The summed E-state index contributed by atoms with van der Waals surface area (Å²) in [6.45, 7) is 6.16. The molecule has 2 rings (SSSR count). The van der Waals surface area contributed by atoms with Crippen molar-refractivity contribution in [3.8, 4) is 0 Å². The highest BCUT2D eigenvalue weighted by molar-refractivity contribution is 5.37. The van der Waals surface area contributed by atoms with Crippen molar-refractivity contribution in [2.75, 3.05) is 0 Å². The lowest BCUT2D eigenvalue weighted by Gasteiger charge is -2.17. The number of hydrogen-bond donors (Lipinski definition) is 1. The van der Waals surface area contributed by atoms with Crippen LogP contribution >= 0.6 is 0 Å². The molecule has 1 nitrogen and oxygen atoms in total. The minimum atomic E-state index is -0.200. The largest absolute Gasteiger partial charge is 0.324 e. The van der Waals surface area contributed by atoms with Crippen molar-refractivity contribution in [1.82, 2.24) is 0 Å². The Morgan fingerprint density at radius 3 is 2.53 bits per heavy atom. The number of rotatable bonds is 3. The molecule has 0 aliphatic carbocycles. The lowest BCUT2D eigenvalue weighted by molar-refractivity contribution is 0.620. The molecule has 100 valence electrons. The lowest BCUT2D eigenvalue weighted by Crippen LogP contribution is -2.15. The summed E-state index contributed by atoms with van der Waals surface area (Å²) in [5.74, 6) is -0.200.